The van der Waals surface area contributed by atoms with Gasteiger partial charge in [0.2, 0.25) is 0 Å². The number of aromatic nitrogens is 1. The lowest BCUT2D eigenvalue weighted by Crippen LogP contribution is -2.12. The van der Waals surface area contributed by atoms with Crippen molar-refractivity contribution in [2.45, 2.75) is 0 Å². The molecule has 66 heavy (non-hydrogen) atoms. The van der Waals surface area contributed by atoms with Crippen LogP contribution in [0.1, 0.15) is 0 Å². The molecule has 0 fully saturated rings. The van der Waals surface area contributed by atoms with Crippen molar-refractivity contribution < 1.29 is 0 Å². The van der Waals surface area contributed by atoms with Crippen molar-refractivity contribution in [3.05, 3.63) is 255 Å². The molecule has 13 rings (SSSR count). The molecular formula is C64H42N2. The molecule has 308 valence electrons. The molecule has 0 radical (unpaired) electrons. The molecule has 0 aliphatic carbocycles. The van der Waals surface area contributed by atoms with Crippen LogP contribution in [0.15, 0.2) is 255 Å². The van der Waals surface area contributed by atoms with E-state index in [2.05, 4.69) is 264 Å². The average molecular weight is 839 g/mol. The molecule has 0 aliphatic rings. The van der Waals surface area contributed by atoms with Crippen LogP contribution < -0.4 is 4.90 Å². The highest BCUT2D eigenvalue weighted by molar-refractivity contribution is 6.20. The molecular weight excluding hydrogens is 797 g/mol. The monoisotopic (exact) mass is 838 g/mol. The van der Waals surface area contributed by atoms with Crippen LogP contribution in [-0.2, 0) is 0 Å². The standard InChI is InChI=1S/C64H42N2/c1-2-17-43(18-3-1)44-33-35-47(36-34-44)65(48-37-39-49(40-38-48)66-61-30-14-12-27-56(61)57-28-13-15-31-62(57)66)63-32-16-29-58(59-41-45-19-4-6-21-50(45)52-23-8-10-25-54(52)59)64(63)60-42-46-20-5-7-22-51(46)53-24-9-11-26-55(53)60/h1-42H. The highest BCUT2D eigenvalue weighted by atomic mass is 15.1. The first kappa shape index (κ1) is 37.8. The molecule has 2 nitrogen and oxygen atoms in total. The predicted octanol–water partition coefficient (Wildman–Crippen LogP) is 17.9. The van der Waals surface area contributed by atoms with Gasteiger partial charge >= 0.3 is 0 Å². The minimum atomic E-state index is 1.07. The van der Waals surface area contributed by atoms with E-state index in [0.29, 0.717) is 0 Å². The van der Waals surface area contributed by atoms with Crippen LogP contribution in [0.2, 0.25) is 0 Å². The maximum absolute atomic E-state index is 2.47. The molecule has 0 atom stereocenters. The maximum Gasteiger partial charge on any atom is 0.0546 e. The van der Waals surface area contributed by atoms with Crippen molar-refractivity contribution >= 4 is 82.0 Å². The molecule has 0 spiro atoms. The average Bonchev–Trinajstić information content (AvgIpc) is 3.73. The van der Waals surface area contributed by atoms with E-state index < -0.39 is 0 Å². The quantitative estimate of drug-likeness (QED) is 0.145. The Morgan fingerprint density at radius 3 is 1.30 bits per heavy atom. The van der Waals surface area contributed by atoms with Crippen LogP contribution in [0.25, 0.3) is 104 Å². The zero-order chi connectivity index (χ0) is 43.6. The van der Waals surface area contributed by atoms with Gasteiger partial charge in [0.15, 0.2) is 0 Å². The highest BCUT2D eigenvalue weighted by Crippen LogP contribution is 2.50. The van der Waals surface area contributed by atoms with Gasteiger partial charge in [-0.15, -0.1) is 0 Å². The van der Waals surface area contributed by atoms with E-state index in [0.717, 1.165) is 22.7 Å². The second-order valence-electron chi connectivity index (χ2n) is 17.2. The molecule has 2 heteroatoms. The van der Waals surface area contributed by atoms with Crippen LogP contribution in [0, 0.1) is 0 Å². The van der Waals surface area contributed by atoms with Crippen molar-refractivity contribution in [3.63, 3.8) is 0 Å². The molecule has 13 aromatic rings. The second-order valence-corrected chi connectivity index (χ2v) is 17.2. The van der Waals surface area contributed by atoms with Gasteiger partial charge in [-0.3, -0.25) is 0 Å². The molecule has 1 aromatic heterocycles. The molecule has 0 N–H and O–H groups in total. The lowest BCUT2D eigenvalue weighted by atomic mass is 9.85. The summed E-state index contributed by atoms with van der Waals surface area (Å²) >= 11 is 0. The number of benzene rings is 12. The minimum Gasteiger partial charge on any atom is -0.310 e. The molecule has 0 unspecified atom stereocenters. The Morgan fingerprint density at radius 2 is 0.712 bits per heavy atom. The molecule has 0 saturated heterocycles. The van der Waals surface area contributed by atoms with Gasteiger partial charge in [-0.25, -0.2) is 0 Å². The molecule has 0 bridgehead atoms. The van der Waals surface area contributed by atoms with Gasteiger partial charge in [0.05, 0.1) is 16.7 Å². The molecule has 12 aromatic carbocycles. The van der Waals surface area contributed by atoms with Gasteiger partial charge in [-0.05, 0) is 138 Å². The molecule has 1 heterocycles. The fourth-order valence-corrected chi connectivity index (χ4v) is 10.6. The molecule has 0 amide bonds. The Hall–Kier alpha value is -8.72. The highest BCUT2D eigenvalue weighted by Gasteiger charge is 2.24. The van der Waals surface area contributed by atoms with Crippen molar-refractivity contribution in [2.24, 2.45) is 0 Å². The van der Waals surface area contributed by atoms with Gasteiger partial charge in [0.1, 0.15) is 0 Å². The first-order valence-corrected chi connectivity index (χ1v) is 22.8. The van der Waals surface area contributed by atoms with E-state index in [1.807, 2.05) is 0 Å². The number of para-hydroxylation sites is 2. The summed E-state index contributed by atoms with van der Waals surface area (Å²) in [6.07, 6.45) is 0. The Morgan fingerprint density at radius 1 is 0.273 bits per heavy atom. The summed E-state index contributed by atoms with van der Waals surface area (Å²) in [5.41, 5.74) is 13.9. The summed E-state index contributed by atoms with van der Waals surface area (Å²) in [6, 6.07) is 93.5. The van der Waals surface area contributed by atoms with Gasteiger partial charge in [0, 0.05) is 33.4 Å². The van der Waals surface area contributed by atoms with Crippen LogP contribution in [-0.4, -0.2) is 4.57 Å². The predicted molar refractivity (Wildman–Crippen MR) is 282 cm³/mol. The van der Waals surface area contributed by atoms with E-state index in [1.54, 1.807) is 0 Å². The summed E-state index contributed by atoms with van der Waals surface area (Å²) in [4.78, 5) is 2.47. The molecule has 0 aliphatic heterocycles. The van der Waals surface area contributed by atoms with E-state index >= 15 is 0 Å². The van der Waals surface area contributed by atoms with E-state index in [9.17, 15) is 0 Å². The number of hydrogen-bond donors (Lipinski definition) is 0. The van der Waals surface area contributed by atoms with Gasteiger partial charge in [-0.2, -0.15) is 0 Å². The number of rotatable bonds is 7. The third-order valence-electron chi connectivity index (χ3n) is 13.6. The fraction of sp³-hybridized carbons (Fsp3) is 0. The maximum atomic E-state index is 2.47. The lowest BCUT2D eigenvalue weighted by molar-refractivity contribution is 1.17. The lowest BCUT2D eigenvalue weighted by Gasteiger charge is -2.30. The fourth-order valence-electron chi connectivity index (χ4n) is 10.6. The first-order chi connectivity index (χ1) is 32.8. The van der Waals surface area contributed by atoms with Gasteiger partial charge < -0.3 is 9.47 Å². The Balaban J connectivity index is 1.11. The van der Waals surface area contributed by atoms with Crippen molar-refractivity contribution in [2.75, 3.05) is 4.90 Å². The van der Waals surface area contributed by atoms with Crippen molar-refractivity contribution in [3.8, 4) is 39.1 Å². The topological polar surface area (TPSA) is 8.17 Å². The van der Waals surface area contributed by atoms with Crippen LogP contribution in [0.3, 0.4) is 0 Å². The van der Waals surface area contributed by atoms with Crippen LogP contribution in [0.4, 0.5) is 17.1 Å². The summed E-state index contributed by atoms with van der Waals surface area (Å²) in [6.45, 7) is 0. The number of hydrogen-bond acceptors (Lipinski definition) is 1. The molecule has 0 saturated carbocycles. The number of nitrogens with zero attached hydrogens (tertiary/aromatic N) is 2. The summed E-state index contributed by atoms with van der Waals surface area (Å²) in [5.74, 6) is 0. The van der Waals surface area contributed by atoms with Crippen molar-refractivity contribution in [1.29, 1.82) is 0 Å². The normalized spacial score (nSPS) is 11.6. The zero-order valence-electron chi connectivity index (χ0n) is 36.1. The summed E-state index contributed by atoms with van der Waals surface area (Å²) < 4.78 is 2.39. The van der Waals surface area contributed by atoms with Crippen LogP contribution >= 0.6 is 0 Å². The number of anilines is 3. The third kappa shape index (κ3) is 6.11. The third-order valence-corrected chi connectivity index (χ3v) is 13.6. The number of fused-ring (bicyclic) bond motifs is 9. The minimum absolute atomic E-state index is 1.07. The second kappa shape index (κ2) is 15.5. The zero-order valence-corrected chi connectivity index (χ0v) is 36.1. The Labute approximate surface area is 383 Å². The first-order valence-electron chi connectivity index (χ1n) is 22.8. The van der Waals surface area contributed by atoms with E-state index in [1.165, 1.54) is 98.3 Å². The van der Waals surface area contributed by atoms with Gasteiger partial charge in [-0.1, -0.05) is 188 Å². The Bertz CT molecular complexity index is 3920. The van der Waals surface area contributed by atoms with Crippen molar-refractivity contribution in [1.82, 2.24) is 4.57 Å². The van der Waals surface area contributed by atoms with Crippen LogP contribution in [0.5, 0.6) is 0 Å². The SMILES string of the molecule is c1ccc(-c2ccc(N(c3ccc(-n4c5ccccc5c5ccccc54)cc3)c3cccc(-c4cc5ccccc5c5ccccc45)c3-c3cc4ccccc4c4ccccc34)cc2)cc1. The summed E-state index contributed by atoms with van der Waals surface area (Å²) in [7, 11) is 0. The van der Waals surface area contributed by atoms with Gasteiger partial charge in [0.25, 0.3) is 0 Å². The Kier molecular flexibility index (Phi) is 8.89. The van der Waals surface area contributed by atoms with E-state index in [4.69, 9.17) is 0 Å². The largest absolute Gasteiger partial charge is 0.310 e. The summed E-state index contributed by atoms with van der Waals surface area (Å²) in [5, 5.41) is 12.4. The van der Waals surface area contributed by atoms with E-state index in [-0.39, 0.29) is 0 Å². The smallest absolute Gasteiger partial charge is 0.0546 e.